The number of aromatic amines is 1. The van der Waals surface area contributed by atoms with Gasteiger partial charge in [-0.1, -0.05) is 36.4 Å². The lowest BCUT2D eigenvalue weighted by molar-refractivity contribution is -0.133. The maximum Gasteiger partial charge on any atom is 0.245 e. The van der Waals surface area contributed by atoms with Gasteiger partial charge in [0.05, 0.1) is 18.7 Å². The third-order valence-corrected chi connectivity index (χ3v) is 7.40. The number of phenols is 2. The minimum Gasteiger partial charge on any atom is -0.508 e. The first kappa shape index (κ1) is 32.7. The summed E-state index contributed by atoms with van der Waals surface area (Å²) >= 11 is 0. The second-order valence-electron chi connectivity index (χ2n) is 10.8. The van der Waals surface area contributed by atoms with Crippen molar-refractivity contribution >= 4 is 34.9 Å². The van der Waals surface area contributed by atoms with Crippen molar-refractivity contribution < 1.29 is 34.5 Å². The second-order valence-corrected chi connectivity index (χ2v) is 10.8. The number of rotatable bonds is 14. The van der Waals surface area contributed by atoms with E-state index in [2.05, 4.69) is 27.9 Å². The van der Waals surface area contributed by atoms with Crippen LogP contribution in [0, 0.1) is 6.92 Å². The number of aromatic hydroxyl groups is 2. The Morgan fingerprint density at radius 3 is 2.18 bits per heavy atom. The van der Waals surface area contributed by atoms with E-state index >= 15 is 0 Å². The van der Waals surface area contributed by atoms with Crippen molar-refractivity contribution in [1.82, 2.24) is 20.9 Å². The molecule has 3 aromatic carbocycles. The van der Waals surface area contributed by atoms with Gasteiger partial charge in [-0.25, -0.2) is 0 Å². The molecule has 45 heavy (non-hydrogen) atoms. The highest BCUT2D eigenvalue weighted by molar-refractivity contribution is 5.94. The molecule has 4 rings (SSSR count). The number of nitrogens with two attached hydrogens (primary N) is 1. The Morgan fingerprint density at radius 1 is 0.822 bits per heavy atom. The number of aliphatic hydroxyl groups is 1. The number of nitrogens with one attached hydrogen (secondary N) is 4. The largest absolute Gasteiger partial charge is 0.508 e. The standard InChI is InChI=1S/C33H36N5O7/c1-19-12-25(42)11-8-21(19)14-23(17-39)36-32(44)29(13-20-6-9-24(41)10-7-20)37-33(45)30(18-40)38-31(43)27(34)15-22-16-35-28-5-3-2-4-26(22)28/h2-12,16-17,23,27,29-30,35,40-42H,1,13-15,18,34H2,(H,36,44)(H,37,45)(H,38,43)/t23-,27-,29-,30-/m0/s1. The van der Waals surface area contributed by atoms with E-state index in [9.17, 15) is 34.5 Å². The first-order valence-corrected chi connectivity index (χ1v) is 14.3. The number of carbonyl (C=O) groups is 4. The quantitative estimate of drug-likeness (QED) is 0.0950. The Morgan fingerprint density at radius 2 is 1.49 bits per heavy atom. The summed E-state index contributed by atoms with van der Waals surface area (Å²) in [6.07, 6.45) is 2.53. The van der Waals surface area contributed by atoms with Crippen LogP contribution in [-0.2, 0) is 38.4 Å². The molecule has 0 aliphatic rings. The molecule has 12 heteroatoms. The fourth-order valence-electron chi connectivity index (χ4n) is 4.92. The van der Waals surface area contributed by atoms with Crippen molar-refractivity contribution in [2.24, 2.45) is 5.73 Å². The smallest absolute Gasteiger partial charge is 0.245 e. The number of fused-ring (bicyclic) bond motifs is 1. The maximum absolute atomic E-state index is 13.4. The first-order valence-electron chi connectivity index (χ1n) is 14.3. The van der Waals surface area contributed by atoms with Gasteiger partial charge in [-0.3, -0.25) is 14.4 Å². The van der Waals surface area contributed by atoms with E-state index < -0.39 is 48.5 Å². The van der Waals surface area contributed by atoms with Gasteiger partial charge in [0.15, 0.2) is 0 Å². The van der Waals surface area contributed by atoms with Crippen LogP contribution >= 0.6 is 0 Å². The third kappa shape index (κ3) is 8.68. The molecule has 0 saturated carbocycles. The van der Waals surface area contributed by atoms with Crippen LogP contribution in [0.1, 0.15) is 22.3 Å². The highest BCUT2D eigenvalue weighted by Crippen LogP contribution is 2.19. The number of H-pyrrole nitrogens is 1. The number of hydrogen-bond donors (Lipinski definition) is 8. The van der Waals surface area contributed by atoms with Gasteiger partial charge in [-0.05, 0) is 72.4 Å². The summed E-state index contributed by atoms with van der Waals surface area (Å²) in [5.41, 5.74) is 9.53. The topological polar surface area (TPSA) is 207 Å². The van der Waals surface area contributed by atoms with Gasteiger partial charge < -0.3 is 46.8 Å². The number of benzene rings is 3. The number of para-hydroxylation sites is 1. The average Bonchev–Trinajstić information content (AvgIpc) is 3.43. The number of hydrogen-bond acceptors (Lipinski definition) is 8. The highest BCUT2D eigenvalue weighted by Gasteiger charge is 2.29. The third-order valence-electron chi connectivity index (χ3n) is 7.40. The van der Waals surface area contributed by atoms with Gasteiger partial charge >= 0.3 is 0 Å². The lowest BCUT2D eigenvalue weighted by atomic mass is 10.00. The van der Waals surface area contributed by atoms with E-state index in [0.717, 1.165) is 16.5 Å². The molecule has 235 valence electrons. The van der Waals surface area contributed by atoms with Crippen molar-refractivity contribution in [2.75, 3.05) is 6.61 Å². The van der Waals surface area contributed by atoms with Crippen LogP contribution in [0.25, 0.3) is 10.9 Å². The molecule has 1 aromatic heterocycles. The molecule has 4 aromatic rings. The number of aliphatic hydroxyl groups excluding tert-OH is 1. The van der Waals surface area contributed by atoms with Crippen molar-refractivity contribution in [2.45, 2.75) is 43.4 Å². The predicted octanol–water partition coefficient (Wildman–Crippen LogP) is 0.762. The molecule has 0 bridgehead atoms. The maximum atomic E-state index is 13.4. The molecule has 9 N–H and O–H groups in total. The summed E-state index contributed by atoms with van der Waals surface area (Å²) in [5.74, 6) is -2.19. The summed E-state index contributed by atoms with van der Waals surface area (Å²) in [7, 11) is 0. The number of aldehydes is 1. The van der Waals surface area contributed by atoms with Crippen LogP contribution in [0.2, 0.25) is 0 Å². The van der Waals surface area contributed by atoms with E-state index in [0.29, 0.717) is 23.0 Å². The van der Waals surface area contributed by atoms with Crippen molar-refractivity contribution in [3.05, 3.63) is 102 Å². The molecule has 0 spiro atoms. The van der Waals surface area contributed by atoms with Crippen LogP contribution in [0.5, 0.6) is 11.5 Å². The summed E-state index contributed by atoms with van der Waals surface area (Å²) in [5, 5.41) is 37.8. The van der Waals surface area contributed by atoms with Crippen LogP contribution in [0.4, 0.5) is 0 Å². The minimum atomic E-state index is -1.42. The monoisotopic (exact) mass is 614 g/mol. The van der Waals surface area contributed by atoms with E-state index in [-0.39, 0.29) is 30.8 Å². The zero-order valence-corrected chi connectivity index (χ0v) is 24.4. The number of amides is 3. The normalized spacial score (nSPS) is 13.8. The van der Waals surface area contributed by atoms with Crippen LogP contribution in [0.15, 0.2) is 72.9 Å². The van der Waals surface area contributed by atoms with Gasteiger partial charge in [0.25, 0.3) is 0 Å². The summed E-state index contributed by atoms with van der Waals surface area (Å²) in [6, 6.07) is 13.3. The van der Waals surface area contributed by atoms with Gasteiger partial charge in [0.1, 0.15) is 29.9 Å². The zero-order valence-electron chi connectivity index (χ0n) is 24.4. The predicted molar refractivity (Wildman–Crippen MR) is 167 cm³/mol. The van der Waals surface area contributed by atoms with Gasteiger partial charge in [0, 0.05) is 23.5 Å². The molecule has 0 aliphatic carbocycles. The summed E-state index contributed by atoms with van der Waals surface area (Å²) in [6.45, 7) is 3.08. The molecular formula is C33H36N5O7. The molecule has 0 aliphatic heterocycles. The number of phenolic OH excluding ortho intramolecular Hbond substituents is 2. The molecule has 0 saturated heterocycles. The Labute approximate surface area is 259 Å². The Hall–Kier alpha value is -5.20. The molecular weight excluding hydrogens is 578 g/mol. The molecule has 4 atom stereocenters. The van der Waals surface area contributed by atoms with Crippen molar-refractivity contribution in [3.8, 4) is 11.5 Å². The molecule has 3 amide bonds. The molecule has 0 unspecified atom stereocenters. The fraction of sp³-hybridized carbons (Fsp3) is 0.242. The molecule has 1 radical (unpaired) electrons. The SMILES string of the molecule is [CH2]c1cc(O)ccc1C[C@@H](C=O)NC(=O)[C@H](Cc1ccc(O)cc1)NC(=O)[C@H](CO)NC(=O)[C@@H](N)Cc1c[nH]c2ccccc12. The Bertz CT molecular complexity index is 1650. The van der Waals surface area contributed by atoms with Gasteiger partial charge in [0.2, 0.25) is 17.7 Å². The van der Waals surface area contributed by atoms with Crippen molar-refractivity contribution in [3.63, 3.8) is 0 Å². The lowest BCUT2D eigenvalue weighted by Crippen LogP contribution is -2.58. The summed E-state index contributed by atoms with van der Waals surface area (Å²) in [4.78, 5) is 54.6. The van der Waals surface area contributed by atoms with E-state index in [1.165, 1.54) is 24.3 Å². The molecule has 1 heterocycles. The van der Waals surface area contributed by atoms with E-state index in [1.54, 1.807) is 24.4 Å². The lowest BCUT2D eigenvalue weighted by Gasteiger charge is -2.24. The average molecular weight is 615 g/mol. The highest BCUT2D eigenvalue weighted by atomic mass is 16.3. The summed E-state index contributed by atoms with van der Waals surface area (Å²) < 4.78 is 0. The second kappa shape index (κ2) is 15.0. The van der Waals surface area contributed by atoms with Gasteiger partial charge in [-0.15, -0.1) is 0 Å². The number of carbonyl (C=O) groups excluding carboxylic acids is 4. The van der Waals surface area contributed by atoms with Crippen LogP contribution in [-0.4, -0.2) is 75.1 Å². The Kier molecular flexibility index (Phi) is 10.9. The van der Waals surface area contributed by atoms with Crippen molar-refractivity contribution in [1.29, 1.82) is 0 Å². The Balaban J connectivity index is 1.44. The zero-order chi connectivity index (χ0) is 32.5. The molecule has 0 fully saturated rings. The van der Waals surface area contributed by atoms with Crippen LogP contribution in [0.3, 0.4) is 0 Å². The first-order chi connectivity index (χ1) is 21.6. The molecule has 12 nitrogen and oxygen atoms in total. The number of aromatic nitrogens is 1. The van der Waals surface area contributed by atoms with E-state index in [1.807, 2.05) is 24.3 Å². The van der Waals surface area contributed by atoms with E-state index in [4.69, 9.17) is 5.73 Å². The minimum absolute atomic E-state index is 0.00900. The van der Waals surface area contributed by atoms with Crippen LogP contribution < -0.4 is 21.7 Å². The fourth-order valence-corrected chi connectivity index (χ4v) is 4.92. The van der Waals surface area contributed by atoms with Gasteiger partial charge in [-0.2, -0.15) is 0 Å².